The molecule has 3 rings (SSSR count). The molecule has 1 aliphatic rings. The normalized spacial score (nSPS) is 14.2. The molecule has 0 aliphatic carbocycles. The van der Waals surface area contributed by atoms with E-state index in [0.717, 1.165) is 17.8 Å². The first kappa shape index (κ1) is 18.6. The molecule has 1 saturated heterocycles. The first-order valence-corrected chi connectivity index (χ1v) is 8.90. The Bertz CT molecular complexity index is 786. The topological polar surface area (TPSA) is 87.7 Å². The molecule has 1 aromatic heterocycles. The molecule has 2 amide bonds. The van der Waals surface area contributed by atoms with Crippen LogP contribution in [0.25, 0.3) is 0 Å². The lowest BCUT2D eigenvalue weighted by molar-refractivity contribution is -0.119. The summed E-state index contributed by atoms with van der Waals surface area (Å²) in [5.41, 5.74) is 1.07. The van der Waals surface area contributed by atoms with E-state index < -0.39 is 0 Å². The molecular weight excluding hydrogens is 346 g/mol. The zero-order chi connectivity index (χ0) is 19.2. The molecular formula is C19H23N5O3. The van der Waals surface area contributed by atoms with Crippen LogP contribution in [-0.4, -0.2) is 64.4 Å². The minimum Gasteiger partial charge on any atom is -0.489 e. The summed E-state index contributed by atoms with van der Waals surface area (Å²) in [6.45, 7) is 6.00. The molecule has 8 heteroatoms. The summed E-state index contributed by atoms with van der Waals surface area (Å²) in [7, 11) is 0. The number of nitrogens with zero attached hydrogens (tertiary/aromatic N) is 4. The molecule has 1 aliphatic heterocycles. The van der Waals surface area contributed by atoms with Crippen molar-refractivity contribution in [2.45, 2.75) is 20.0 Å². The number of ether oxygens (including phenoxy) is 1. The van der Waals surface area contributed by atoms with Crippen molar-refractivity contribution >= 4 is 23.8 Å². The molecule has 0 unspecified atom stereocenters. The number of piperazine rings is 1. The standard InChI is InChI=1S/C19H23N5O3/c1-14(2)27-17-6-4-3-5-15(17)22-18-12-20-16(11-21-18)19(26)24-9-7-23(13-25)8-10-24/h3-6,11-14H,7-10H2,1-2H3,(H,21,22). The van der Waals surface area contributed by atoms with Gasteiger partial charge in [0, 0.05) is 26.2 Å². The van der Waals surface area contributed by atoms with Crippen LogP contribution in [0.4, 0.5) is 11.5 Å². The Kier molecular flexibility index (Phi) is 5.85. The van der Waals surface area contributed by atoms with Crippen LogP contribution in [-0.2, 0) is 4.79 Å². The molecule has 0 saturated carbocycles. The predicted molar refractivity (Wildman–Crippen MR) is 101 cm³/mol. The van der Waals surface area contributed by atoms with E-state index in [4.69, 9.17) is 4.74 Å². The van der Waals surface area contributed by atoms with Crippen LogP contribution in [0.5, 0.6) is 5.75 Å². The van der Waals surface area contributed by atoms with Crippen molar-refractivity contribution < 1.29 is 14.3 Å². The number of anilines is 2. The second-order valence-electron chi connectivity index (χ2n) is 6.51. The van der Waals surface area contributed by atoms with Crippen molar-refractivity contribution in [2.75, 3.05) is 31.5 Å². The largest absolute Gasteiger partial charge is 0.489 e. The third-order valence-electron chi connectivity index (χ3n) is 4.13. The highest BCUT2D eigenvalue weighted by molar-refractivity contribution is 5.92. The minimum absolute atomic E-state index is 0.0544. The number of para-hydroxylation sites is 2. The predicted octanol–water partition coefficient (Wildman–Crippen LogP) is 1.92. The first-order valence-electron chi connectivity index (χ1n) is 8.90. The summed E-state index contributed by atoms with van der Waals surface area (Å²) in [5.74, 6) is 1.07. The van der Waals surface area contributed by atoms with Crippen LogP contribution in [0.15, 0.2) is 36.7 Å². The van der Waals surface area contributed by atoms with Gasteiger partial charge in [-0.1, -0.05) is 12.1 Å². The number of carbonyl (C=O) groups excluding carboxylic acids is 2. The maximum atomic E-state index is 12.5. The lowest BCUT2D eigenvalue weighted by Gasteiger charge is -2.32. The van der Waals surface area contributed by atoms with Gasteiger partial charge in [0.2, 0.25) is 6.41 Å². The van der Waals surface area contributed by atoms with Crippen LogP contribution in [0.2, 0.25) is 0 Å². The summed E-state index contributed by atoms with van der Waals surface area (Å²) in [4.78, 5) is 35.1. The summed E-state index contributed by atoms with van der Waals surface area (Å²) < 4.78 is 5.78. The molecule has 27 heavy (non-hydrogen) atoms. The van der Waals surface area contributed by atoms with Gasteiger partial charge in [-0.25, -0.2) is 9.97 Å². The number of hydrogen-bond donors (Lipinski definition) is 1. The van der Waals surface area contributed by atoms with E-state index in [1.54, 1.807) is 9.80 Å². The van der Waals surface area contributed by atoms with Gasteiger partial charge in [-0.05, 0) is 26.0 Å². The number of rotatable bonds is 6. The van der Waals surface area contributed by atoms with Gasteiger partial charge in [-0.3, -0.25) is 9.59 Å². The fraction of sp³-hybridized carbons (Fsp3) is 0.368. The Labute approximate surface area is 158 Å². The highest BCUT2D eigenvalue weighted by atomic mass is 16.5. The highest BCUT2D eigenvalue weighted by Gasteiger charge is 2.22. The van der Waals surface area contributed by atoms with Gasteiger partial charge in [0.25, 0.3) is 5.91 Å². The fourth-order valence-electron chi connectivity index (χ4n) is 2.76. The lowest BCUT2D eigenvalue weighted by Crippen LogP contribution is -2.48. The van der Waals surface area contributed by atoms with Gasteiger partial charge >= 0.3 is 0 Å². The second kappa shape index (κ2) is 8.48. The number of benzene rings is 1. The van der Waals surface area contributed by atoms with Gasteiger partial charge in [0.05, 0.1) is 24.2 Å². The Hall–Kier alpha value is -3.16. The van der Waals surface area contributed by atoms with Gasteiger partial charge in [0.1, 0.15) is 17.3 Å². The molecule has 2 heterocycles. The zero-order valence-electron chi connectivity index (χ0n) is 15.5. The summed E-state index contributed by atoms with van der Waals surface area (Å²) in [6.07, 6.45) is 3.85. The van der Waals surface area contributed by atoms with Gasteiger partial charge in [0.15, 0.2) is 0 Å². The Morgan fingerprint density at radius 2 is 1.89 bits per heavy atom. The molecule has 0 atom stereocenters. The summed E-state index contributed by atoms with van der Waals surface area (Å²) in [6, 6.07) is 7.58. The maximum absolute atomic E-state index is 12.5. The van der Waals surface area contributed by atoms with E-state index in [0.29, 0.717) is 32.0 Å². The van der Waals surface area contributed by atoms with Crippen molar-refractivity contribution in [3.05, 3.63) is 42.4 Å². The van der Waals surface area contributed by atoms with Crippen LogP contribution in [0.3, 0.4) is 0 Å². The quantitative estimate of drug-likeness (QED) is 0.783. The average Bonchev–Trinajstić information content (AvgIpc) is 2.69. The highest BCUT2D eigenvalue weighted by Crippen LogP contribution is 2.27. The number of carbonyl (C=O) groups is 2. The Morgan fingerprint density at radius 3 is 2.52 bits per heavy atom. The first-order chi connectivity index (χ1) is 13.1. The molecule has 0 radical (unpaired) electrons. The average molecular weight is 369 g/mol. The van der Waals surface area contributed by atoms with Gasteiger partial charge < -0.3 is 19.9 Å². The Balaban J connectivity index is 1.66. The van der Waals surface area contributed by atoms with E-state index in [9.17, 15) is 9.59 Å². The van der Waals surface area contributed by atoms with E-state index in [1.807, 2.05) is 38.1 Å². The van der Waals surface area contributed by atoms with Crippen molar-refractivity contribution in [1.82, 2.24) is 19.8 Å². The molecule has 0 bridgehead atoms. The molecule has 1 aromatic carbocycles. The fourth-order valence-corrected chi connectivity index (χ4v) is 2.76. The van der Waals surface area contributed by atoms with Crippen LogP contribution in [0, 0.1) is 0 Å². The summed E-state index contributed by atoms with van der Waals surface area (Å²) in [5, 5.41) is 3.17. The van der Waals surface area contributed by atoms with Crippen molar-refractivity contribution in [1.29, 1.82) is 0 Å². The third kappa shape index (κ3) is 4.72. The SMILES string of the molecule is CC(C)Oc1ccccc1Nc1cnc(C(=O)N2CCN(C=O)CC2)cn1. The Morgan fingerprint density at radius 1 is 1.15 bits per heavy atom. The number of hydrogen-bond acceptors (Lipinski definition) is 6. The monoisotopic (exact) mass is 369 g/mol. The number of aromatic nitrogens is 2. The molecule has 8 nitrogen and oxygen atoms in total. The summed E-state index contributed by atoms with van der Waals surface area (Å²) >= 11 is 0. The maximum Gasteiger partial charge on any atom is 0.274 e. The van der Waals surface area contributed by atoms with E-state index in [1.165, 1.54) is 12.4 Å². The van der Waals surface area contributed by atoms with Gasteiger partial charge in [-0.15, -0.1) is 0 Å². The molecule has 1 N–H and O–H groups in total. The van der Waals surface area contributed by atoms with E-state index in [2.05, 4.69) is 15.3 Å². The van der Waals surface area contributed by atoms with E-state index >= 15 is 0 Å². The number of amides is 2. The lowest BCUT2D eigenvalue weighted by atomic mass is 10.3. The van der Waals surface area contributed by atoms with E-state index in [-0.39, 0.29) is 17.7 Å². The van der Waals surface area contributed by atoms with Gasteiger partial charge in [-0.2, -0.15) is 0 Å². The smallest absolute Gasteiger partial charge is 0.274 e. The number of nitrogens with one attached hydrogen (secondary N) is 1. The molecule has 0 spiro atoms. The van der Waals surface area contributed by atoms with Crippen LogP contribution < -0.4 is 10.1 Å². The third-order valence-corrected chi connectivity index (χ3v) is 4.13. The zero-order valence-corrected chi connectivity index (χ0v) is 15.5. The molecule has 1 fully saturated rings. The van der Waals surface area contributed by atoms with Crippen LogP contribution >= 0.6 is 0 Å². The molecule has 142 valence electrons. The second-order valence-corrected chi connectivity index (χ2v) is 6.51. The van der Waals surface area contributed by atoms with Crippen molar-refractivity contribution in [3.8, 4) is 5.75 Å². The van der Waals surface area contributed by atoms with Crippen LogP contribution in [0.1, 0.15) is 24.3 Å². The molecule has 2 aromatic rings. The van der Waals surface area contributed by atoms with Crippen molar-refractivity contribution in [3.63, 3.8) is 0 Å². The van der Waals surface area contributed by atoms with Crippen molar-refractivity contribution in [2.24, 2.45) is 0 Å². The minimum atomic E-state index is -0.178.